The predicted octanol–water partition coefficient (Wildman–Crippen LogP) is 3.69. The molecule has 25 heavy (non-hydrogen) atoms. The maximum atomic E-state index is 6.44. The molecule has 1 spiro atoms. The Morgan fingerprint density at radius 1 is 1.32 bits per heavy atom. The van der Waals surface area contributed by atoms with Gasteiger partial charge in [-0.25, -0.2) is 0 Å². The van der Waals surface area contributed by atoms with Gasteiger partial charge in [-0.3, -0.25) is 4.98 Å². The number of para-hydroxylation sites is 1. The second-order valence-electron chi connectivity index (χ2n) is 7.34. The first-order valence-corrected chi connectivity index (χ1v) is 9.37. The maximum Gasteiger partial charge on any atom is 0.124 e. The molecule has 3 heterocycles. The van der Waals surface area contributed by atoms with E-state index >= 15 is 0 Å². The van der Waals surface area contributed by atoms with Gasteiger partial charge in [-0.15, -0.1) is 0 Å². The van der Waals surface area contributed by atoms with Crippen LogP contribution in [-0.4, -0.2) is 23.7 Å². The molecule has 2 aliphatic rings. The van der Waals surface area contributed by atoms with Gasteiger partial charge in [0.15, 0.2) is 0 Å². The number of aryl methyl sites for hydroxylation is 1. The van der Waals surface area contributed by atoms with Crippen LogP contribution in [0, 0.1) is 6.92 Å². The zero-order valence-electron chi connectivity index (χ0n) is 15.1. The largest absolute Gasteiger partial charge is 0.485 e. The predicted molar refractivity (Wildman–Crippen MR) is 99.8 cm³/mol. The molecule has 0 aliphatic carbocycles. The van der Waals surface area contributed by atoms with Gasteiger partial charge in [-0.1, -0.05) is 31.2 Å². The Labute approximate surface area is 150 Å². The minimum Gasteiger partial charge on any atom is -0.485 e. The van der Waals surface area contributed by atoms with Crippen LogP contribution in [0.3, 0.4) is 0 Å². The minimum absolute atomic E-state index is 0.0799. The fraction of sp³-hybridized carbons (Fsp3) is 0.476. The van der Waals surface area contributed by atoms with E-state index in [4.69, 9.17) is 4.74 Å². The molecule has 2 N–H and O–H groups in total. The van der Waals surface area contributed by atoms with Crippen molar-refractivity contribution >= 4 is 0 Å². The molecule has 2 aromatic rings. The molecule has 1 fully saturated rings. The molecule has 4 heteroatoms. The molecule has 4 nitrogen and oxygen atoms in total. The van der Waals surface area contributed by atoms with Crippen LogP contribution in [0.5, 0.6) is 5.75 Å². The standard InChI is InChI=1S/C21H27N3O/c1-3-17(20-15(2)7-6-11-23-20)24-18-13-21(10-12-22-14-21)25-19-9-5-4-8-16(18)19/h4-9,11,17-18,22,24H,3,10,12-14H2,1-2H3. The summed E-state index contributed by atoms with van der Waals surface area (Å²) in [4.78, 5) is 4.65. The van der Waals surface area contributed by atoms with Crippen molar-refractivity contribution in [1.82, 2.24) is 15.6 Å². The van der Waals surface area contributed by atoms with Crippen molar-refractivity contribution in [2.45, 2.75) is 50.8 Å². The van der Waals surface area contributed by atoms with Crippen molar-refractivity contribution in [2.75, 3.05) is 13.1 Å². The normalized spacial score (nSPS) is 26.2. The molecule has 2 aliphatic heterocycles. The molecule has 0 saturated carbocycles. The first-order chi connectivity index (χ1) is 12.2. The number of fused-ring (bicyclic) bond motifs is 1. The molecule has 1 aromatic carbocycles. The highest BCUT2D eigenvalue weighted by atomic mass is 16.5. The third kappa shape index (κ3) is 3.16. The average Bonchev–Trinajstić information content (AvgIpc) is 3.07. The highest BCUT2D eigenvalue weighted by molar-refractivity contribution is 5.39. The summed E-state index contributed by atoms with van der Waals surface area (Å²) in [6, 6.07) is 13.2. The van der Waals surface area contributed by atoms with Crippen LogP contribution in [0.25, 0.3) is 0 Å². The fourth-order valence-electron chi connectivity index (χ4n) is 4.24. The average molecular weight is 337 g/mol. The second kappa shape index (κ2) is 6.77. The van der Waals surface area contributed by atoms with Crippen LogP contribution >= 0.6 is 0 Å². The van der Waals surface area contributed by atoms with Crippen LogP contribution in [0.4, 0.5) is 0 Å². The van der Waals surface area contributed by atoms with Gasteiger partial charge in [0.25, 0.3) is 0 Å². The summed E-state index contributed by atoms with van der Waals surface area (Å²) < 4.78 is 6.44. The van der Waals surface area contributed by atoms with Crippen LogP contribution < -0.4 is 15.4 Å². The van der Waals surface area contributed by atoms with E-state index < -0.39 is 0 Å². The van der Waals surface area contributed by atoms with Crippen LogP contribution in [-0.2, 0) is 0 Å². The summed E-state index contributed by atoms with van der Waals surface area (Å²) in [7, 11) is 0. The number of nitrogens with zero attached hydrogens (tertiary/aromatic N) is 1. The highest BCUT2D eigenvalue weighted by Gasteiger charge is 2.43. The number of hydrogen-bond donors (Lipinski definition) is 2. The summed E-state index contributed by atoms with van der Waals surface area (Å²) in [6.07, 6.45) is 4.98. The third-order valence-corrected chi connectivity index (χ3v) is 5.59. The van der Waals surface area contributed by atoms with E-state index in [1.807, 2.05) is 12.3 Å². The van der Waals surface area contributed by atoms with E-state index in [1.165, 1.54) is 11.1 Å². The Hall–Kier alpha value is -1.91. The lowest BCUT2D eigenvalue weighted by Crippen LogP contribution is -2.46. The van der Waals surface area contributed by atoms with Crippen LogP contribution in [0.2, 0.25) is 0 Å². The third-order valence-electron chi connectivity index (χ3n) is 5.59. The zero-order chi connectivity index (χ0) is 17.3. The summed E-state index contributed by atoms with van der Waals surface area (Å²) in [5.41, 5.74) is 3.60. The molecule has 132 valence electrons. The van der Waals surface area contributed by atoms with Crippen molar-refractivity contribution in [3.63, 3.8) is 0 Å². The number of hydrogen-bond acceptors (Lipinski definition) is 4. The molecular weight excluding hydrogens is 310 g/mol. The fourth-order valence-corrected chi connectivity index (χ4v) is 4.24. The zero-order valence-corrected chi connectivity index (χ0v) is 15.1. The van der Waals surface area contributed by atoms with Crippen LogP contribution in [0.15, 0.2) is 42.6 Å². The highest BCUT2D eigenvalue weighted by Crippen LogP contribution is 2.43. The van der Waals surface area contributed by atoms with Crippen molar-refractivity contribution in [2.24, 2.45) is 0 Å². The van der Waals surface area contributed by atoms with E-state index in [0.717, 1.165) is 43.8 Å². The Bertz CT molecular complexity index is 739. The molecule has 0 bridgehead atoms. The monoisotopic (exact) mass is 337 g/mol. The van der Waals surface area contributed by atoms with Gasteiger partial charge in [-0.05, 0) is 37.6 Å². The molecule has 0 radical (unpaired) electrons. The van der Waals surface area contributed by atoms with Gasteiger partial charge in [0.1, 0.15) is 11.4 Å². The summed E-state index contributed by atoms with van der Waals surface area (Å²) >= 11 is 0. The summed E-state index contributed by atoms with van der Waals surface area (Å²) in [5.74, 6) is 1.03. The van der Waals surface area contributed by atoms with Crippen molar-refractivity contribution in [3.05, 3.63) is 59.4 Å². The van der Waals surface area contributed by atoms with Crippen molar-refractivity contribution in [3.8, 4) is 5.75 Å². The lowest BCUT2D eigenvalue weighted by Gasteiger charge is -2.41. The molecule has 0 amide bonds. The molecule has 1 aromatic heterocycles. The van der Waals surface area contributed by atoms with Crippen LogP contribution in [0.1, 0.15) is 55.1 Å². The van der Waals surface area contributed by atoms with Gasteiger partial charge in [0.05, 0.1) is 5.69 Å². The van der Waals surface area contributed by atoms with E-state index in [-0.39, 0.29) is 17.7 Å². The van der Waals surface area contributed by atoms with Gasteiger partial charge < -0.3 is 15.4 Å². The van der Waals surface area contributed by atoms with E-state index in [0.29, 0.717) is 0 Å². The number of ether oxygens (including phenoxy) is 1. The smallest absolute Gasteiger partial charge is 0.124 e. The first-order valence-electron chi connectivity index (χ1n) is 9.37. The minimum atomic E-state index is -0.0799. The number of nitrogens with one attached hydrogen (secondary N) is 2. The first kappa shape index (κ1) is 16.6. The Kier molecular flexibility index (Phi) is 4.48. The Balaban J connectivity index is 1.65. The molecule has 3 atom stereocenters. The summed E-state index contributed by atoms with van der Waals surface area (Å²) in [5, 5.41) is 7.38. The lowest BCUT2D eigenvalue weighted by atomic mass is 9.85. The SMILES string of the molecule is CCC(NC1CC2(CCNC2)Oc2ccccc21)c1ncccc1C. The van der Waals surface area contributed by atoms with E-state index in [2.05, 4.69) is 59.8 Å². The van der Waals surface area contributed by atoms with E-state index in [1.54, 1.807) is 0 Å². The number of pyridine rings is 1. The molecular formula is C21H27N3O. The second-order valence-corrected chi connectivity index (χ2v) is 7.34. The molecule has 4 rings (SSSR count). The van der Waals surface area contributed by atoms with E-state index in [9.17, 15) is 0 Å². The topological polar surface area (TPSA) is 46.2 Å². The quantitative estimate of drug-likeness (QED) is 0.893. The maximum absolute atomic E-state index is 6.44. The van der Waals surface area contributed by atoms with Gasteiger partial charge >= 0.3 is 0 Å². The molecule has 3 unspecified atom stereocenters. The Morgan fingerprint density at radius 2 is 2.20 bits per heavy atom. The number of aromatic nitrogens is 1. The van der Waals surface area contributed by atoms with Crippen molar-refractivity contribution < 1.29 is 4.74 Å². The van der Waals surface area contributed by atoms with Gasteiger partial charge in [0, 0.05) is 43.2 Å². The van der Waals surface area contributed by atoms with Crippen molar-refractivity contribution in [1.29, 1.82) is 0 Å². The van der Waals surface area contributed by atoms with Gasteiger partial charge in [-0.2, -0.15) is 0 Å². The lowest BCUT2D eigenvalue weighted by molar-refractivity contribution is 0.0467. The molecule has 1 saturated heterocycles. The number of rotatable bonds is 4. The Morgan fingerprint density at radius 3 is 2.96 bits per heavy atom. The summed E-state index contributed by atoms with van der Waals surface area (Å²) in [6.45, 7) is 6.33. The van der Waals surface area contributed by atoms with Gasteiger partial charge in [0.2, 0.25) is 0 Å². The number of benzene rings is 1.